The van der Waals surface area contributed by atoms with E-state index in [0.29, 0.717) is 17.0 Å². The topological polar surface area (TPSA) is 42.2 Å². The number of carbonyl (C=O) groups is 1. The van der Waals surface area contributed by atoms with Gasteiger partial charge in [-0.05, 0) is 31.2 Å². The van der Waals surface area contributed by atoms with E-state index < -0.39 is 0 Å². The summed E-state index contributed by atoms with van der Waals surface area (Å²) in [5.74, 6) is 1.43. The van der Waals surface area contributed by atoms with Crippen molar-refractivity contribution in [3.63, 3.8) is 0 Å². The van der Waals surface area contributed by atoms with Crippen LogP contribution in [0.15, 0.2) is 45.7 Å². The molecule has 0 spiro atoms. The molecule has 4 heteroatoms. The molecular formula is C13H13NO2S. The van der Waals surface area contributed by atoms with Crippen LogP contribution < -0.4 is 5.32 Å². The van der Waals surface area contributed by atoms with Crippen LogP contribution in [0.2, 0.25) is 0 Å². The molecule has 0 saturated heterocycles. The fraction of sp³-hybridized carbons (Fsp3) is 0.154. The number of hydrogen-bond donors (Lipinski definition) is 2. The molecule has 0 radical (unpaired) electrons. The fourth-order valence-electron chi connectivity index (χ4n) is 1.51. The Morgan fingerprint density at radius 2 is 2.06 bits per heavy atom. The zero-order chi connectivity index (χ0) is 12.3. The van der Waals surface area contributed by atoms with Gasteiger partial charge < -0.3 is 9.73 Å². The molecule has 0 saturated carbocycles. The largest absolute Gasteiger partial charge is 0.465 e. The van der Waals surface area contributed by atoms with E-state index in [-0.39, 0.29) is 5.91 Å². The van der Waals surface area contributed by atoms with Crippen LogP contribution in [0.5, 0.6) is 0 Å². The normalized spacial score (nSPS) is 10.2. The summed E-state index contributed by atoms with van der Waals surface area (Å²) in [6.07, 6.45) is 0. The lowest BCUT2D eigenvalue weighted by atomic mass is 10.2. The van der Waals surface area contributed by atoms with Crippen LogP contribution in [0.4, 0.5) is 0 Å². The third kappa shape index (κ3) is 2.91. The van der Waals surface area contributed by atoms with Gasteiger partial charge >= 0.3 is 0 Å². The number of nitrogens with one attached hydrogen (secondary N) is 1. The quantitative estimate of drug-likeness (QED) is 0.819. The lowest BCUT2D eigenvalue weighted by Crippen LogP contribution is -2.22. The van der Waals surface area contributed by atoms with Crippen molar-refractivity contribution in [1.82, 2.24) is 5.32 Å². The molecule has 17 heavy (non-hydrogen) atoms. The Morgan fingerprint density at radius 1 is 1.29 bits per heavy atom. The number of hydrogen-bond acceptors (Lipinski definition) is 3. The second-order valence-corrected chi connectivity index (χ2v) is 4.19. The molecule has 0 aliphatic heterocycles. The van der Waals surface area contributed by atoms with Gasteiger partial charge in [0.15, 0.2) is 0 Å². The van der Waals surface area contributed by atoms with Crippen molar-refractivity contribution < 1.29 is 9.21 Å². The van der Waals surface area contributed by atoms with E-state index in [9.17, 15) is 4.79 Å². The summed E-state index contributed by atoms with van der Waals surface area (Å²) in [7, 11) is 0. The average Bonchev–Trinajstić information content (AvgIpc) is 2.73. The van der Waals surface area contributed by atoms with E-state index in [2.05, 4.69) is 17.9 Å². The van der Waals surface area contributed by atoms with Crippen LogP contribution in [-0.4, -0.2) is 5.91 Å². The van der Waals surface area contributed by atoms with Gasteiger partial charge in [0.1, 0.15) is 11.5 Å². The van der Waals surface area contributed by atoms with E-state index in [1.165, 1.54) is 0 Å². The van der Waals surface area contributed by atoms with Gasteiger partial charge in [0, 0.05) is 4.90 Å². The Balaban J connectivity index is 2.01. The number of amides is 1. The molecule has 1 heterocycles. The van der Waals surface area contributed by atoms with Gasteiger partial charge in [0.05, 0.1) is 12.1 Å². The first-order chi connectivity index (χ1) is 8.16. The molecule has 0 fully saturated rings. The van der Waals surface area contributed by atoms with Crippen LogP contribution in [0.3, 0.4) is 0 Å². The first-order valence-electron chi connectivity index (χ1n) is 5.28. The Kier molecular flexibility index (Phi) is 3.54. The molecule has 0 atom stereocenters. The number of benzene rings is 1. The van der Waals surface area contributed by atoms with Crippen molar-refractivity contribution in [1.29, 1.82) is 0 Å². The highest BCUT2D eigenvalue weighted by atomic mass is 32.1. The standard InChI is InChI=1S/C13H13NO2S/c1-9-6-7-10(16-9)8-14-13(15)11-4-2-3-5-12(11)17/h2-7,17H,8H2,1H3,(H,14,15). The fourth-order valence-corrected chi connectivity index (χ4v) is 1.77. The minimum absolute atomic E-state index is 0.148. The summed E-state index contributed by atoms with van der Waals surface area (Å²) in [4.78, 5) is 12.5. The number of carbonyl (C=O) groups excluding carboxylic acids is 1. The van der Waals surface area contributed by atoms with Crippen molar-refractivity contribution in [2.45, 2.75) is 18.4 Å². The highest BCUT2D eigenvalue weighted by Crippen LogP contribution is 2.13. The monoisotopic (exact) mass is 247 g/mol. The second kappa shape index (κ2) is 5.10. The predicted molar refractivity (Wildman–Crippen MR) is 68.3 cm³/mol. The van der Waals surface area contributed by atoms with Crippen LogP contribution in [0, 0.1) is 6.92 Å². The van der Waals surface area contributed by atoms with Gasteiger partial charge in [-0.15, -0.1) is 12.6 Å². The van der Waals surface area contributed by atoms with Crippen molar-refractivity contribution in [2.24, 2.45) is 0 Å². The molecule has 2 rings (SSSR count). The van der Waals surface area contributed by atoms with E-state index in [1.807, 2.05) is 31.2 Å². The Morgan fingerprint density at radius 3 is 2.71 bits per heavy atom. The molecule has 0 bridgehead atoms. The molecule has 88 valence electrons. The molecule has 1 N–H and O–H groups in total. The molecule has 3 nitrogen and oxygen atoms in total. The third-order valence-electron chi connectivity index (χ3n) is 2.37. The lowest BCUT2D eigenvalue weighted by Gasteiger charge is -2.05. The molecular weight excluding hydrogens is 234 g/mol. The van der Waals surface area contributed by atoms with Crippen LogP contribution >= 0.6 is 12.6 Å². The summed E-state index contributed by atoms with van der Waals surface area (Å²) < 4.78 is 5.37. The van der Waals surface area contributed by atoms with E-state index in [1.54, 1.807) is 12.1 Å². The van der Waals surface area contributed by atoms with Gasteiger partial charge in [-0.1, -0.05) is 12.1 Å². The van der Waals surface area contributed by atoms with Crippen molar-refractivity contribution in [3.05, 3.63) is 53.5 Å². The first-order valence-corrected chi connectivity index (χ1v) is 5.73. The maximum absolute atomic E-state index is 11.8. The van der Waals surface area contributed by atoms with Gasteiger partial charge in [0.2, 0.25) is 0 Å². The Bertz CT molecular complexity index is 534. The molecule has 2 aromatic rings. The third-order valence-corrected chi connectivity index (χ3v) is 2.76. The van der Waals surface area contributed by atoms with Gasteiger partial charge in [-0.3, -0.25) is 4.79 Å². The van der Waals surface area contributed by atoms with E-state index in [4.69, 9.17) is 4.42 Å². The highest BCUT2D eigenvalue weighted by molar-refractivity contribution is 7.80. The van der Waals surface area contributed by atoms with Crippen molar-refractivity contribution in [3.8, 4) is 0 Å². The number of rotatable bonds is 3. The maximum atomic E-state index is 11.8. The highest BCUT2D eigenvalue weighted by Gasteiger charge is 2.08. The summed E-state index contributed by atoms with van der Waals surface area (Å²) in [5.41, 5.74) is 0.569. The predicted octanol–water partition coefficient (Wildman–Crippen LogP) is 2.81. The molecule has 0 aliphatic carbocycles. The van der Waals surface area contributed by atoms with Crippen LogP contribution in [0.1, 0.15) is 21.9 Å². The summed E-state index contributed by atoms with van der Waals surface area (Å²) in [6.45, 7) is 2.25. The maximum Gasteiger partial charge on any atom is 0.252 e. The molecule has 0 aliphatic rings. The summed E-state index contributed by atoms with van der Waals surface area (Å²) in [6, 6.07) is 10.9. The zero-order valence-corrected chi connectivity index (χ0v) is 10.3. The zero-order valence-electron chi connectivity index (χ0n) is 9.43. The van der Waals surface area contributed by atoms with Gasteiger partial charge in [-0.2, -0.15) is 0 Å². The van der Waals surface area contributed by atoms with Crippen LogP contribution in [-0.2, 0) is 6.54 Å². The lowest BCUT2D eigenvalue weighted by molar-refractivity contribution is 0.0945. The molecule has 1 amide bonds. The number of aryl methyl sites for hydroxylation is 1. The van der Waals surface area contributed by atoms with E-state index in [0.717, 1.165) is 11.5 Å². The number of furan rings is 1. The van der Waals surface area contributed by atoms with Gasteiger partial charge in [0.25, 0.3) is 5.91 Å². The first kappa shape index (κ1) is 11.8. The minimum atomic E-state index is -0.148. The Labute approximate surface area is 105 Å². The summed E-state index contributed by atoms with van der Waals surface area (Å²) >= 11 is 4.24. The second-order valence-electron chi connectivity index (χ2n) is 3.71. The minimum Gasteiger partial charge on any atom is -0.465 e. The SMILES string of the molecule is Cc1ccc(CNC(=O)c2ccccc2S)o1. The van der Waals surface area contributed by atoms with Crippen molar-refractivity contribution in [2.75, 3.05) is 0 Å². The average molecular weight is 247 g/mol. The van der Waals surface area contributed by atoms with E-state index >= 15 is 0 Å². The van der Waals surface area contributed by atoms with Crippen molar-refractivity contribution >= 4 is 18.5 Å². The molecule has 1 aromatic heterocycles. The molecule has 1 aromatic carbocycles. The molecule has 0 unspecified atom stereocenters. The smallest absolute Gasteiger partial charge is 0.252 e. The Hall–Kier alpha value is -1.68. The number of thiol groups is 1. The van der Waals surface area contributed by atoms with Crippen LogP contribution in [0.25, 0.3) is 0 Å². The summed E-state index contributed by atoms with van der Waals surface area (Å²) in [5, 5.41) is 2.79. The van der Waals surface area contributed by atoms with Gasteiger partial charge in [-0.25, -0.2) is 0 Å².